The molecule has 0 bridgehead atoms. The lowest BCUT2D eigenvalue weighted by atomic mass is 10.0. The van der Waals surface area contributed by atoms with E-state index in [2.05, 4.69) is 0 Å². The summed E-state index contributed by atoms with van der Waals surface area (Å²) < 4.78 is 70.7. The van der Waals surface area contributed by atoms with E-state index in [-0.39, 0.29) is 6.42 Å². The van der Waals surface area contributed by atoms with Crippen molar-refractivity contribution in [1.29, 1.82) is 0 Å². The van der Waals surface area contributed by atoms with Gasteiger partial charge >= 0.3 is 12.4 Å². The molecule has 0 spiro atoms. The molecule has 0 atom stereocenters. The number of unbranched alkanes of at least 4 members (excludes halogenated alkanes) is 1. The summed E-state index contributed by atoms with van der Waals surface area (Å²) in [5, 5.41) is 0. The van der Waals surface area contributed by atoms with Gasteiger partial charge in [0.15, 0.2) is 5.92 Å². The van der Waals surface area contributed by atoms with Crippen molar-refractivity contribution in [3.63, 3.8) is 0 Å². The molecule has 0 heterocycles. The van der Waals surface area contributed by atoms with Crippen LogP contribution in [0.4, 0.5) is 26.3 Å². The van der Waals surface area contributed by atoms with E-state index < -0.39 is 24.7 Å². The van der Waals surface area contributed by atoms with Gasteiger partial charge in [-0.1, -0.05) is 19.8 Å². The molecule has 0 unspecified atom stereocenters. The van der Waals surface area contributed by atoms with Crippen molar-refractivity contribution in [2.75, 3.05) is 0 Å². The van der Waals surface area contributed by atoms with Crippen LogP contribution in [0.2, 0.25) is 0 Å². The average molecular weight is 207 g/mol. The highest BCUT2D eigenvalue weighted by atomic mass is 19.4. The lowest BCUT2D eigenvalue weighted by Crippen LogP contribution is -2.34. The normalized spacial score (nSPS) is 13.8. The quantitative estimate of drug-likeness (QED) is 0.616. The molecule has 6 heteroatoms. The highest BCUT2D eigenvalue weighted by Crippen LogP contribution is 2.43. The summed E-state index contributed by atoms with van der Waals surface area (Å²) in [6.45, 7) is 1.53. The van der Waals surface area contributed by atoms with E-state index in [4.69, 9.17) is 0 Å². The zero-order valence-corrected chi connectivity index (χ0v) is 6.89. The van der Waals surface area contributed by atoms with Crippen LogP contribution in [-0.2, 0) is 0 Å². The van der Waals surface area contributed by atoms with Gasteiger partial charge < -0.3 is 0 Å². The van der Waals surface area contributed by atoms with E-state index in [0.29, 0.717) is 6.42 Å². The first-order valence-corrected chi connectivity index (χ1v) is 3.69. The van der Waals surface area contributed by atoms with Crippen molar-refractivity contribution in [2.24, 2.45) is 0 Å². The predicted octanol–water partition coefficient (Wildman–Crippen LogP) is 3.88. The molecule has 13 heavy (non-hydrogen) atoms. The third kappa shape index (κ3) is 4.38. The van der Waals surface area contributed by atoms with Crippen molar-refractivity contribution in [3.05, 3.63) is 5.92 Å². The molecule has 0 saturated heterocycles. The van der Waals surface area contributed by atoms with Gasteiger partial charge in [-0.3, -0.25) is 0 Å². The maximum absolute atomic E-state index is 11.8. The lowest BCUT2D eigenvalue weighted by Gasteiger charge is -2.21. The fourth-order valence-electron chi connectivity index (χ4n) is 0.798. The van der Waals surface area contributed by atoms with Crippen LogP contribution >= 0.6 is 0 Å². The van der Waals surface area contributed by atoms with Gasteiger partial charge in [-0.15, -0.1) is 0 Å². The second-order valence-electron chi connectivity index (χ2n) is 2.58. The summed E-state index contributed by atoms with van der Waals surface area (Å²) in [7, 11) is 0. The molecular weight excluding hydrogens is 198 g/mol. The summed E-state index contributed by atoms with van der Waals surface area (Å²) in [6, 6.07) is 0. The van der Waals surface area contributed by atoms with Gasteiger partial charge in [0.05, 0.1) is 0 Å². The number of hydrogen-bond donors (Lipinski definition) is 0. The Balaban J connectivity index is 4.39. The molecule has 0 aliphatic carbocycles. The molecule has 0 aromatic heterocycles. The molecule has 0 N–H and O–H groups in total. The number of alkyl halides is 6. The Morgan fingerprint density at radius 3 is 1.54 bits per heavy atom. The first-order chi connectivity index (χ1) is 5.69. The topological polar surface area (TPSA) is 0 Å². The van der Waals surface area contributed by atoms with Crippen LogP contribution in [0.25, 0.3) is 0 Å². The molecule has 0 aromatic carbocycles. The van der Waals surface area contributed by atoms with Crippen molar-refractivity contribution in [3.8, 4) is 0 Å². The zero-order chi connectivity index (χ0) is 10.7. The molecule has 79 valence electrons. The minimum absolute atomic E-state index is 0.103. The molecule has 0 aromatic rings. The van der Waals surface area contributed by atoms with Crippen LogP contribution in [0.3, 0.4) is 0 Å². The van der Waals surface area contributed by atoms with Gasteiger partial charge in [0.2, 0.25) is 0 Å². The first-order valence-electron chi connectivity index (χ1n) is 3.69. The highest BCUT2D eigenvalue weighted by molar-refractivity contribution is 5.04. The highest BCUT2D eigenvalue weighted by Gasteiger charge is 2.56. The molecule has 1 radical (unpaired) electrons. The zero-order valence-electron chi connectivity index (χ0n) is 6.89. The molecule has 0 fully saturated rings. The van der Waals surface area contributed by atoms with Crippen molar-refractivity contribution in [1.82, 2.24) is 0 Å². The molecule has 0 aliphatic rings. The molecule has 0 aliphatic heterocycles. The van der Waals surface area contributed by atoms with Crippen LogP contribution < -0.4 is 0 Å². The Hall–Kier alpha value is -0.420. The fourth-order valence-corrected chi connectivity index (χ4v) is 0.798. The summed E-state index contributed by atoms with van der Waals surface area (Å²) in [5.74, 6) is -2.29. The smallest absolute Gasteiger partial charge is 0.170 e. The van der Waals surface area contributed by atoms with E-state index in [1.807, 2.05) is 0 Å². The summed E-state index contributed by atoms with van der Waals surface area (Å²) >= 11 is 0. The molecule has 0 nitrogen and oxygen atoms in total. The van der Waals surface area contributed by atoms with Gasteiger partial charge in [-0.05, 0) is 6.42 Å². The van der Waals surface area contributed by atoms with Crippen molar-refractivity contribution >= 4 is 0 Å². The monoisotopic (exact) mass is 207 g/mol. The third-order valence-electron chi connectivity index (χ3n) is 1.46. The third-order valence-corrected chi connectivity index (χ3v) is 1.46. The first kappa shape index (κ1) is 12.6. The Morgan fingerprint density at radius 2 is 1.31 bits per heavy atom. The Morgan fingerprint density at radius 1 is 0.923 bits per heavy atom. The Labute approximate surface area is 71.9 Å². The molecule has 0 rings (SSSR count). The van der Waals surface area contributed by atoms with E-state index >= 15 is 0 Å². The second-order valence-corrected chi connectivity index (χ2v) is 2.58. The number of rotatable bonds is 3. The Bertz CT molecular complexity index is 130. The fraction of sp³-hybridized carbons (Fsp3) is 0.857. The van der Waals surface area contributed by atoms with Crippen LogP contribution in [0.15, 0.2) is 0 Å². The number of halogens is 6. The van der Waals surface area contributed by atoms with Crippen LogP contribution in [0.1, 0.15) is 26.2 Å². The van der Waals surface area contributed by atoms with Gasteiger partial charge in [-0.2, -0.15) is 26.3 Å². The van der Waals surface area contributed by atoms with Crippen molar-refractivity contribution < 1.29 is 26.3 Å². The lowest BCUT2D eigenvalue weighted by molar-refractivity contribution is -0.207. The molecule has 0 saturated carbocycles. The minimum Gasteiger partial charge on any atom is -0.170 e. The SMILES string of the molecule is CCCC[C](C(F)(F)F)C(F)(F)F. The summed E-state index contributed by atoms with van der Waals surface area (Å²) in [6.07, 6.45) is -11.3. The van der Waals surface area contributed by atoms with Gasteiger partial charge in [-0.25, -0.2) is 0 Å². The average Bonchev–Trinajstić information content (AvgIpc) is 1.81. The van der Waals surface area contributed by atoms with E-state index in [1.54, 1.807) is 0 Å². The van der Waals surface area contributed by atoms with E-state index in [9.17, 15) is 26.3 Å². The van der Waals surface area contributed by atoms with Gasteiger partial charge in [0.1, 0.15) is 0 Å². The second kappa shape index (κ2) is 4.19. The van der Waals surface area contributed by atoms with Gasteiger partial charge in [0.25, 0.3) is 0 Å². The van der Waals surface area contributed by atoms with E-state index in [0.717, 1.165) is 0 Å². The van der Waals surface area contributed by atoms with Crippen LogP contribution in [-0.4, -0.2) is 12.4 Å². The number of hydrogen-bond acceptors (Lipinski definition) is 0. The standard InChI is InChI=1S/C7H9F6/c1-2-3-4-5(6(8,9)10)7(11,12)13/h2-4H2,1H3. The largest absolute Gasteiger partial charge is 0.404 e. The maximum atomic E-state index is 11.8. The van der Waals surface area contributed by atoms with Crippen molar-refractivity contribution in [2.45, 2.75) is 38.5 Å². The van der Waals surface area contributed by atoms with Crippen LogP contribution in [0, 0.1) is 5.92 Å². The maximum Gasteiger partial charge on any atom is 0.404 e. The molecule has 0 amide bonds. The molecular formula is C7H9F6. The minimum atomic E-state index is -5.26. The Kier molecular flexibility index (Phi) is 4.06. The predicted molar refractivity (Wildman–Crippen MR) is 34.9 cm³/mol. The van der Waals surface area contributed by atoms with E-state index in [1.165, 1.54) is 6.92 Å². The van der Waals surface area contributed by atoms with Gasteiger partial charge in [0, 0.05) is 0 Å². The summed E-state index contributed by atoms with van der Waals surface area (Å²) in [4.78, 5) is 0. The summed E-state index contributed by atoms with van der Waals surface area (Å²) in [5.41, 5.74) is 0. The van der Waals surface area contributed by atoms with Crippen LogP contribution in [0.5, 0.6) is 0 Å².